The minimum atomic E-state index is 0.909. The summed E-state index contributed by atoms with van der Waals surface area (Å²) in [4.78, 5) is 0. The van der Waals surface area contributed by atoms with Crippen molar-refractivity contribution in [1.82, 2.24) is 14.8 Å². The van der Waals surface area contributed by atoms with E-state index >= 15 is 0 Å². The second-order valence-corrected chi connectivity index (χ2v) is 4.38. The van der Waals surface area contributed by atoms with E-state index in [0.717, 1.165) is 22.6 Å². The van der Waals surface area contributed by atoms with E-state index in [1.165, 1.54) is 11.1 Å². The Kier molecular flexibility index (Phi) is 1.83. The summed E-state index contributed by atoms with van der Waals surface area (Å²) in [5.74, 6) is 1.08. The normalized spacial score (nSPS) is 13.5. The van der Waals surface area contributed by atoms with Gasteiger partial charge in [-0.1, -0.05) is 24.3 Å². The Morgan fingerprint density at radius 1 is 1.14 bits per heavy atom. The van der Waals surface area contributed by atoms with Gasteiger partial charge in [0.25, 0.3) is 0 Å². The lowest BCUT2D eigenvalue weighted by atomic mass is 10.0. The molecule has 1 aliphatic heterocycles. The molecule has 14 heavy (non-hydrogen) atoms. The molecule has 0 amide bonds. The van der Waals surface area contributed by atoms with Crippen molar-refractivity contribution in [2.75, 3.05) is 0 Å². The van der Waals surface area contributed by atoms with Crippen molar-refractivity contribution in [2.45, 2.75) is 13.0 Å². The molecule has 0 atom stereocenters. The molecule has 4 heteroatoms. The summed E-state index contributed by atoms with van der Waals surface area (Å²) in [6, 6.07) is 8.51. The van der Waals surface area contributed by atoms with Gasteiger partial charge in [-0.3, -0.25) is 0 Å². The van der Waals surface area contributed by atoms with Crippen LogP contribution in [0.5, 0.6) is 0 Å². The topological polar surface area (TPSA) is 30.7 Å². The van der Waals surface area contributed by atoms with Gasteiger partial charge in [-0.2, -0.15) is 0 Å². The molecule has 70 valence electrons. The van der Waals surface area contributed by atoms with Crippen molar-refractivity contribution in [2.24, 2.45) is 0 Å². The molecular weight excluding hydrogens is 289 g/mol. The van der Waals surface area contributed by atoms with Gasteiger partial charge in [0, 0.05) is 29.0 Å². The molecule has 0 N–H and O–H groups in total. The predicted molar refractivity (Wildman–Crippen MR) is 61.1 cm³/mol. The first-order chi connectivity index (χ1) is 6.84. The molecule has 0 saturated heterocycles. The fraction of sp³-hybridized carbons (Fsp3) is 0.200. The molecule has 0 saturated carbocycles. The fourth-order valence-corrected chi connectivity index (χ4v) is 2.38. The molecule has 0 aliphatic carbocycles. The Morgan fingerprint density at radius 2 is 1.93 bits per heavy atom. The standard InChI is InChI=1S/C10H8IN3/c11-10-13-12-9-5-7-3-1-2-4-8(7)6-14(9)10/h1-4H,5-6H2. The van der Waals surface area contributed by atoms with Crippen LogP contribution in [-0.2, 0) is 13.0 Å². The number of halogens is 1. The first-order valence-corrected chi connectivity index (χ1v) is 5.57. The second kappa shape index (κ2) is 3.05. The van der Waals surface area contributed by atoms with Gasteiger partial charge in [0.15, 0.2) is 3.83 Å². The monoisotopic (exact) mass is 297 g/mol. The predicted octanol–water partition coefficient (Wildman–Crippen LogP) is 1.84. The molecule has 1 aromatic heterocycles. The van der Waals surface area contributed by atoms with Crippen LogP contribution in [-0.4, -0.2) is 14.8 Å². The SMILES string of the molecule is Ic1nnc2n1Cc1ccccc1C2. The van der Waals surface area contributed by atoms with Crippen LogP contribution >= 0.6 is 22.6 Å². The number of rotatable bonds is 0. The van der Waals surface area contributed by atoms with Crippen LogP contribution in [0.3, 0.4) is 0 Å². The summed E-state index contributed by atoms with van der Waals surface area (Å²) in [6.45, 7) is 0.913. The molecule has 2 aromatic rings. The largest absolute Gasteiger partial charge is 0.302 e. The van der Waals surface area contributed by atoms with Crippen molar-refractivity contribution >= 4 is 22.6 Å². The van der Waals surface area contributed by atoms with Gasteiger partial charge in [0.05, 0.1) is 6.54 Å². The van der Waals surface area contributed by atoms with E-state index in [1.54, 1.807) is 0 Å². The van der Waals surface area contributed by atoms with Crippen molar-refractivity contribution < 1.29 is 0 Å². The van der Waals surface area contributed by atoms with Crippen molar-refractivity contribution in [3.8, 4) is 0 Å². The third kappa shape index (κ3) is 1.17. The van der Waals surface area contributed by atoms with Crippen molar-refractivity contribution in [1.29, 1.82) is 0 Å². The maximum atomic E-state index is 4.16. The third-order valence-corrected chi connectivity index (χ3v) is 3.38. The zero-order valence-corrected chi connectivity index (χ0v) is 9.60. The van der Waals surface area contributed by atoms with Crippen LogP contribution < -0.4 is 0 Å². The van der Waals surface area contributed by atoms with E-state index in [1.807, 2.05) is 0 Å². The number of benzene rings is 1. The zero-order chi connectivity index (χ0) is 9.54. The molecule has 0 unspecified atom stereocenters. The van der Waals surface area contributed by atoms with Gasteiger partial charge in [-0.25, -0.2) is 0 Å². The Hall–Kier alpha value is -0.910. The Balaban J connectivity index is 2.14. The van der Waals surface area contributed by atoms with E-state index in [-0.39, 0.29) is 0 Å². The summed E-state index contributed by atoms with van der Waals surface area (Å²) in [5.41, 5.74) is 2.77. The lowest BCUT2D eigenvalue weighted by Gasteiger charge is -2.17. The van der Waals surface area contributed by atoms with Gasteiger partial charge in [0.1, 0.15) is 5.82 Å². The Morgan fingerprint density at radius 3 is 2.79 bits per heavy atom. The molecule has 0 fully saturated rings. The maximum Gasteiger partial charge on any atom is 0.194 e. The highest BCUT2D eigenvalue weighted by Gasteiger charge is 2.17. The van der Waals surface area contributed by atoms with E-state index < -0.39 is 0 Å². The van der Waals surface area contributed by atoms with Crippen molar-refractivity contribution in [3.05, 3.63) is 45.0 Å². The van der Waals surface area contributed by atoms with Crippen LogP contribution in [0.1, 0.15) is 17.0 Å². The van der Waals surface area contributed by atoms with E-state index in [2.05, 4.69) is 61.6 Å². The first kappa shape index (κ1) is 8.40. The molecule has 1 aromatic carbocycles. The number of fused-ring (bicyclic) bond motifs is 2. The highest BCUT2D eigenvalue weighted by molar-refractivity contribution is 14.1. The summed E-state index contributed by atoms with van der Waals surface area (Å²) >= 11 is 2.23. The van der Waals surface area contributed by atoms with Gasteiger partial charge < -0.3 is 4.57 Å². The van der Waals surface area contributed by atoms with E-state index in [0.29, 0.717) is 0 Å². The van der Waals surface area contributed by atoms with Gasteiger partial charge in [0.2, 0.25) is 0 Å². The zero-order valence-electron chi connectivity index (χ0n) is 7.44. The smallest absolute Gasteiger partial charge is 0.194 e. The van der Waals surface area contributed by atoms with Crippen LogP contribution in [0.2, 0.25) is 0 Å². The summed E-state index contributed by atoms with van der Waals surface area (Å²) in [6.07, 6.45) is 0.909. The highest BCUT2D eigenvalue weighted by atomic mass is 127. The van der Waals surface area contributed by atoms with Crippen LogP contribution in [0.4, 0.5) is 0 Å². The summed E-state index contributed by atoms with van der Waals surface area (Å²) in [5, 5.41) is 8.24. The molecule has 0 spiro atoms. The lowest BCUT2D eigenvalue weighted by Crippen LogP contribution is -2.15. The summed E-state index contributed by atoms with van der Waals surface area (Å²) in [7, 11) is 0. The Labute approximate surface area is 95.3 Å². The second-order valence-electron chi connectivity index (χ2n) is 3.42. The first-order valence-electron chi connectivity index (χ1n) is 4.49. The molecular formula is C10H8IN3. The minimum Gasteiger partial charge on any atom is -0.302 e. The van der Waals surface area contributed by atoms with Crippen molar-refractivity contribution in [3.63, 3.8) is 0 Å². The fourth-order valence-electron chi connectivity index (χ4n) is 1.83. The minimum absolute atomic E-state index is 0.909. The van der Waals surface area contributed by atoms with Crippen LogP contribution in [0.25, 0.3) is 0 Å². The number of nitrogens with zero attached hydrogens (tertiary/aromatic N) is 3. The van der Waals surface area contributed by atoms with E-state index in [4.69, 9.17) is 0 Å². The maximum absolute atomic E-state index is 4.16. The Bertz CT molecular complexity index is 490. The molecule has 0 bridgehead atoms. The number of hydrogen-bond donors (Lipinski definition) is 0. The summed E-state index contributed by atoms with van der Waals surface area (Å²) < 4.78 is 3.15. The number of aromatic nitrogens is 3. The van der Waals surface area contributed by atoms with Gasteiger partial charge in [-0.05, 0) is 11.1 Å². The van der Waals surface area contributed by atoms with Crippen LogP contribution in [0, 0.1) is 3.83 Å². The molecule has 2 heterocycles. The molecule has 3 rings (SSSR count). The molecule has 3 nitrogen and oxygen atoms in total. The third-order valence-electron chi connectivity index (χ3n) is 2.58. The molecule has 0 radical (unpaired) electrons. The lowest BCUT2D eigenvalue weighted by molar-refractivity contribution is 0.687. The number of hydrogen-bond acceptors (Lipinski definition) is 2. The van der Waals surface area contributed by atoms with E-state index in [9.17, 15) is 0 Å². The highest BCUT2D eigenvalue weighted by Crippen LogP contribution is 2.22. The quantitative estimate of drug-likeness (QED) is 0.593. The molecule has 1 aliphatic rings. The average Bonchev–Trinajstić information content (AvgIpc) is 2.57. The van der Waals surface area contributed by atoms with Gasteiger partial charge in [-0.15, -0.1) is 10.2 Å². The average molecular weight is 297 g/mol. The van der Waals surface area contributed by atoms with Gasteiger partial charge >= 0.3 is 0 Å². The van der Waals surface area contributed by atoms with Crippen LogP contribution in [0.15, 0.2) is 24.3 Å².